The van der Waals surface area contributed by atoms with Crippen molar-refractivity contribution in [3.05, 3.63) is 54.1 Å². The van der Waals surface area contributed by atoms with Crippen LogP contribution in [0.5, 0.6) is 0 Å². The van der Waals surface area contributed by atoms with Crippen molar-refractivity contribution >= 4 is 17.7 Å². The zero-order valence-electron chi connectivity index (χ0n) is 12.6. The number of aromatic nitrogens is 2. The molecule has 0 unspecified atom stereocenters. The molecule has 0 aliphatic carbocycles. The molecule has 3 rings (SSSR count). The molecule has 1 aliphatic rings. The maximum Gasteiger partial charge on any atom is 0.274 e. The predicted molar refractivity (Wildman–Crippen MR) is 87.9 cm³/mol. The third kappa shape index (κ3) is 3.65. The maximum absolute atomic E-state index is 12.4. The summed E-state index contributed by atoms with van der Waals surface area (Å²) in [6.45, 7) is 3.50. The quantitative estimate of drug-likeness (QED) is 0.814. The van der Waals surface area contributed by atoms with Gasteiger partial charge in [0.05, 0.1) is 11.9 Å². The summed E-state index contributed by atoms with van der Waals surface area (Å²) in [5.74, 6) is 1.60. The molecular weight excluding hydrogens is 294 g/mol. The van der Waals surface area contributed by atoms with Gasteiger partial charge in [0.25, 0.3) is 5.91 Å². The Morgan fingerprint density at radius 3 is 2.82 bits per heavy atom. The SMILES string of the molecule is Cc1cnc(C(=O)N2CC[C@@H](CSc3ccccc3)C2)cn1. The molecule has 0 N–H and O–H groups in total. The van der Waals surface area contributed by atoms with Gasteiger partial charge in [0, 0.05) is 29.9 Å². The van der Waals surface area contributed by atoms with Gasteiger partial charge in [-0.3, -0.25) is 9.78 Å². The maximum atomic E-state index is 12.4. The number of rotatable bonds is 4. The first-order valence-corrected chi connectivity index (χ1v) is 8.46. The molecule has 1 atom stereocenters. The van der Waals surface area contributed by atoms with Crippen LogP contribution < -0.4 is 0 Å². The number of benzene rings is 1. The van der Waals surface area contributed by atoms with Crippen LogP contribution in [0.25, 0.3) is 0 Å². The molecule has 1 fully saturated rings. The summed E-state index contributed by atoms with van der Waals surface area (Å²) in [5, 5.41) is 0. The molecule has 4 nitrogen and oxygen atoms in total. The molecule has 114 valence electrons. The third-order valence-corrected chi connectivity index (χ3v) is 5.05. The lowest BCUT2D eigenvalue weighted by molar-refractivity contribution is 0.0782. The van der Waals surface area contributed by atoms with Crippen molar-refractivity contribution in [3.63, 3.8) is 0 Å². The van der Waals surface area contributed by atoms with E-state index in [4.69, 9.17) is 0 Å². The molecule has 1 saturated heterocycles. The highest BCUT2D eigenvalue weighted by molar-refractivity contribution is 7.99. The molecule has 2 aromatic rings. The van der Waals surface area contributed by atoms with Gasteiger partial charge in [-0.15, -0.1) is 11.8 Å². The second-order valence-electron chi connectivity index (χ2n) is 5.57. The zero-order valence-corrected chi connectivity index (χ0v) is 13.4. The van der Waals surface area contributed by atoms with Gasteiger partial charge in [-0.25, -0.2) is 4.98 Å². The molecule has 1 amide bonds. The third-order valence-electron chi connectivity index (χ3n) is 3.80. The number of nitrogens with zero attached hydrogens (tertiary/aromatic N) is 3. The molecule has 1 aromatic carbocycles. The number of amides is 1. The summed E-state index contributed by atoms with van der Waals surface area (Å²) in [6.07, 6.45) is 4.28. The first-order chi connectivity index (χ1) is 10.7. The van der Waals surface area contributed by atoms with Gasteiger partial charge in [0.1, 0.15) is 5.69 Å². The van der Waals surface area contributed by atoms with Crippen molar-refractivity contribution in [2.45, 2.75) is 18.2 Å². The first-order valence-electron chi connectivity index (χ1n) is 7.48. The van der Waals surface area contributed by atoms with Gasteiger partial charge in [-0.2, -0.15) is 0 Å². The Hall–Kier alpha value is -1.88. The lowest BCUT2D eigenvalue weighted by Crippen LogP contribution is -2.29. The van der Waals surface area contributed by atoms with Crippen molar-refractivity contribution in [1.82, 2.24) is 14.9 Å². The minimum atomic E-state index is -0.000267. The average Bonchev–Trinajstić information content (AvgIpc) is 3.03. The number of hydrogen-bond acceptors (Lipinski definition) is 4. The van der Waals surface area contributed by atoms with E-state index >= 15 is 0 Å². The smallest absolute Gasteiger partial charge is 0.274 e. The molecule has 0 saturated carbocycles. The van der Waals surface area contributed by atoms with E-state index in [-0.39, 0.29) is 5.91 Å². The Kier molecular flexibility index (Phi) is 4.73. The fraction of sp³-hybridized carbons (Fsp3) is 0.353. The Labute approximate surface area is 135 Å². The zero-order chi connectivity index (χ0) is 15.4. The summed E-state index contributed by atoms with van der Waals surface area (Å²) in [7, 11) is 0. The molecule has 0 radical (unpaired) electrons. The van der Waals surface area contributed by atoms with E-state index in [9.17, 15) is 4.79 Å². The topological polar surface area (TPSA) is 46.1 Å². The van der Waals surface area contributed by atoms with Crippen molar-refractivity contribution in [3.8, 4) is 0 Å². The number of aryl methyl sites for hydroxylation is 1. The molecule has 5 heteroatoms. The van der Waals surface area contributed by atoms with Crippen LogP contribution in [-0.4, -0.2) is 39.6 Å². The minimum absolute atomic E-state index is 0.000267. The normalized spacial score (nSPS) is 17.7. The fourth-order valence-electron chi connectivity index (χ4n) is 2.55. The number of likely N-dealkylation sites (tertiary alicyclic amines) is 1. The summed E-state index contributed by atoms with van der Waals surface area (Å²) in [6, 6.07) is 10.4. The van der Waals surface area contributed by atoms with E-state index in [2.05, 4.69) is 34.2 Å². The van der Waals surface area contributed by atoms with Crippen LogP contribution in [0.15, 0.2) is 47.6 Å². The molecule has 1 aliphatic heterocycles. The van der Waals surface area contributed by atoms with Crippen LogP contribution in [-0.2, 0) is 0 Å². The van der Waals surface area contributed by atoms with Gasteiger partial charge in [0.2, 0.25) is 0 Å². The number of thioether (sulfide) groups is 1. The van der Waals surface area contributed by atoms with E-state index in [1.54, 1.807) is 12.4 Å². The van der Waals surface area contributed by atoms with E-state index in [1.165, 1.54) is 4.90 Å². The van der Waals surface area contributed by atoms with Crippen LogP contribution in [0.1, 0.15) is 22.6 Å². The first kappa shape index (κ1) is 15.0. The van der Waals surface area contributed by atoms with E-state index < -0.39 is 0 Å². The number of carbonyl (C=O) groups is 1. The van der Waals surface area contributed by atoms with Crippen LogP contribution >= 0.6 is 11.8 Å². The highest BCUT2D eigenvalue weighted by Gasteiger charge is 2.27. The van der Waals surface area contributed by atoms with Crippen molar-refractivity contribution in [2.24, 2.45) is 5.92 Å². The average molecular weight is 313 g/mol. The molecule has 0 spiro atoms. The lowest BCUT2D eigenvalue weighted by atomic mass is 10.2. The van der Waals surface area contributed by atoms with Crippen molar-refractivity contribution in [2.75, 3.05) is 18.8 Å². The van der Waals surface area contributed by atoms with E-state index in [0.29, 0.717) is 11.6 Å². The van der Waals surface area contributed by atoms with E-state index in [0.717, 1.165) is 31.0 Å². The van der Waals surface area contributed by atoms with Gasteiger partial charge in [-0.05, 0) is 31.4 Å². The Morgan fingerprint density at radius 2 is 2.09 bits per heavy atom. The van der Waals surface area contributed by atoms with Crippen molar-refractivity contribution < 1.29 is 4.79 Å². The molecule has 0 bridgehead atoms. The van der Waals surface area contributed by atoms with Crippen LogP contribution in [0.3, 0.4) is 0 Å². The van der Waals surface area contributed by atoms with Gasteiger partial charge < -0.3 is 4.90 Å². The Bertz CT molecular complexity index is 630. The lowest BCUT2D eigenvalue weighted by Gasteiger charge is -2.15. The summed E-state index contributed by atoms with van der Waals surface area (Å²) in [4.78, 5) is 23.9. The summed E-state index contributed by atoms with van der Waals surface area (Å²) < 4.78 is 0. The standard InChI is InChI=1S/C17H19N3OS/c1-13-9-19-16(10-18-13)17(21)20-8-7-14(11-20)12-22-15-5-3-2-4-6-15/h2-6,9-10,14H,7-8,11-12H2,1H3/t14-/m1/s1. The highest BCUT2D eigenvalue weighted by atomic mass is 32.2. The monoisotopic (exact) mass is 313 g/mol. The Balaban J connectivity index is 1.53. The van der Waals surface area contributed by atoms with Crippen LogP contribution in [0.2, 0.25) is 0 Å². The molecular formula is C17H19N3OS. The molecule has 22 heavy (non-hydrogen) atoms. The summed E-state index contributed by atoms with van der Waals surface area (Å²) >= 11 is 1.86. The van der Waals surface area contributed by atoms with E-state index in [1.807, 2.05) is 29.7 Å². The summed E-state index contributed by atoms with van der Waals surface area (Å²) in [5.41, 5.74) is 1.28. The van der Waals surface area contributed by atoms with Gasteiger partial charge >= 0.3 is 0 Å². The fourth-order valence-corrected chi connectivity index (χ4v) is 3.60. The molecule has 1 aromatic heterocycles. The second-order valence-corrected chi connectivity index (χ2v) is 6.67. The molecule has 2 heterocycles. The number of carbonyl (C=O) groups excluding carboxylic acids is 1. The predicted octanol–water partition coefficient (Wildman–Crippen LogP) is 3.04. The van der Waals surface area contributed by atoms with Crippen LogP contribution in [0.4, 0.5) is 0 Å². The van der Waals surface area contributed by atoms with Gasteiger partial charge in [0.15, 0.2) is 0 Å². The minimum Gasteiger partial charge on any atom is -0.337 e. The largest absolute Gasteiger partial charge is 0.337 e. The van der Waals surface area contributed by atoms with Gasteiger partial charge in [-0.1, -0.05) is 18.2 Å². The van der Waals surface area contributed by atoms with Crippen molar-refractivity contribution in [1.29, 1.82) is 0 Å². The second kappa shape index (κ2) is 6.92. The Morgan fingerprint density at radius 1 is 1.27 bits per heavy atom. The number of hydrogen-bond donors (Lipinski definition) is 0. The van der Waals surface area contributed by atoms with Crippen LogP contribution in [0, 0.1) is 12.8 Å². The highest BCUT2D eigenvalue weighted by Crippen LogP contribution is 2.26.